The van der Waals surface area contributed by atoms with Gasteiger partial charge < -0.3 is 15.0 Å². The van der Waals surface area contributed by atoms with Crippen LogP contribution in [-0.2, 0) is 4.79 Å². The van der Waals surface area contributed by atoms with Crippen LogP contribution < -0.4 is 10.7 Å². The second kappa shape index (κ2) is 8.45. The highest BCUT2D eigenvalue weighted by atomic mass is 16.4. The van der Waals surface area contributed by atoms with Crippen molar-refractivity contribution in [3.05, 3.63) is 93.9 Å². The van der Waals surface area contributed by atoms with Gasteiger partial charge in [-0.2, -0.15) is 0 Å². The first-order valence-corrected chi connectivity index (χ1v) is 12.2. The van der Waals surface area contributed by atoms with Crippen molar-refractivity contribution in [2.45, 2.75) is 38.1 Å². The first kappa shape index (κ1) is 22.2. The number of carboxylic acid groups (broad SMARTS) is 1. The van der Waals surface area contributed by atoms with Crippen molar-refractivity contribution in [1.82, 2.24) is 14.9 Å². The molecule has 2 aliphatic carbocycles. The summed E-state index contributed by atoms with van der Waals surface area (Å²) in [7, 11) is 0. The monoisotopic (exact) mass is 479 g/mol. The zero-order valence-corrected chi connectivity index (χ0v) is 19.8. The second-order valence-electron chi connectivity index (χ2n) is 9.77. The number of carbonyl (C=O) groups excluding carboxylic acids is 1. The fourth-order valence-electron chi connectivity index (χ4n) is 4.93. The molecule has 0 radical (unpaired) electrons. The minimum Gasteiger partial charge on any atom is -0.481 e. The summed E-state index contributed by atoms with van der Waals surface area (Å²) in [5, 5.41) is 12.6. The number of fused-ring (bicyclic) bond motifs is 1. The number of hydrogen-bond acceptors (Lipinski definition) is 4. The van der Waals surface area contributed by atoms with Crippen molar-refractivity contribution < 1.29 is 14.7 Å². The molecule has 2 aliphatic rings. The van der Waals surface area contributed by atoms with Gasteiger partial charge in [0.25, 0.3) is 5.91 Å². The van der Waals surface area contributed by atoms with E-state index >= 15 is 0 Å². The Morgan fingerprint density at radius 3 is 2.58 bits per heavy atom. The SMILES string of the molecule is Cc1cc(-c2cccc(-n3cc(C(=O)NC4CC4)c(=O)c4cccnc43)c2)ccc1C1C[C@H]1C(=O)O. The van der Waals surface area contributed by atoms with E-state index in [4.69, 9.17) is 0 Å². The molecule has 180 valence electrons. The largest absolute Gasteiger partial charge is 0.481 e. The summed E-state index contributed by atoms with van der Waals surface area (Å²) in [6, 6.07) is 17.6. The lowest BCUT2D eigenvalue weighted by Gasteiger charge is -2.14. The Hall–Kier alpha value is -4.26. The summed E-state index contributed by atoms with van der Waals surface area (Å²) in [6.45, 7) is 2.02. The lowest BCUT2D eigenvalue weighted by molar-refractivity contribution is -0.138. The van der Waals surface area contributed by atoms with Gasteiger partial charge in [-0.1, -0.05) is 30.3 Å². The van der Waals surface area contributed by atoms with E-state index in [1.54, 1.807) is 29.1 Å². The maximum Gasteiger partial charge on any atom is 0.307 e. The number of hydrogen-bond donors (Lipinski definition) is 2. The topological polar surface area (TPSA) is 101 Å². The molecule has 0 spiro atoms. The highest BCUT2D eigenvalue weighted by Gasteiger charge is 2.44. The van der Waals surface area contributed by atoms with Crippen LogP contribution in [0.25, 0.3) is 27.8 Å². The second-order valence-corrected chi connectivity index (χ2v) is 9.77. The molecular formula is C29H25N3O4. The average molecular weight is 480 g/mol. The molecule has 2 fully saturated rings. The fraction of sp³-hybridized carbons (Fsp3) is 0.241. The Morgan fingerprint density at radius 1 is 1.06 bits per heavy atom. The zero-order chi connectivity index (χ0) is 25.0. The molecule has 2 saturated carbocycles. The Morgan fingerprint density at radius 2 is 1.86 bits per heavy atom. The third-order valence-electron chi connectivity index (χ3n) is 7.15. The van der Waals surface area contributed by atoms with Crippen molar-refractivity contribution in [3.8, 4) is 16.8 Å². The third kappa shape index (κ3) is 3.96. The molecule has 0 bridgehead atoms. The molecule has 7 nitrogen and oxygen atoms in total. The average Bonchev–Trinajstić information content (AvgIpc) is 3.80. The Balaban J connectivity index is 1.41. The van der Waals surface area contributed by atoms with Crippen LogP contribution in [-0.4, -0.2) is 32.6 Å². The predicted octanol–water partition coefficient (Wildman–Crippen LogP) is 4.44. The number of carboxylic acids is 1. The number of aryl methyl sites for hydroxylation is 1. The number of benzene rings is 2. The highest BCUT2D eigenvalue weighted by Crippen LogP contribution is 2.49. The molecule has 36 heavy (non-hydrogen) atoms. The summed E-state index contributed by atoms with van der Waals surface area (Å²) in [5.41, 5.74) is 5.19. The molecular weight excluding hydrogens is 454 g/mol. The number of nitrogens with one attached hydrogen (secondary N) is 1. The minimum absolute atomic E-state index is 0.0849. The molecule has 7 heteroatoms. The van der Waals surface area contributed by atoms with Crippen molar-refractivity contribution >= 4 is 22.9 Å². The molecule has 0 aliphatic heterocycles. The number of aromatic nitrogens is 2. The van der Waals surface area contributed by atoms with Crippen LogP contribution >= 0.6 is 0 Å². The summed E-state index contributed by atoms with van der Waals surface area (Å²) in [5.74, 6) is -1.29. The summed E-state index contributed by atoms with van der Waals surface area (Å²) >= 11 is 0. The Labute approximate surface area is 207 Å². The minimum atomic E-state index is -0.733. The first-order valence-electron chi connectivity index (χ1n) is 12.2. The fourth-order valence-corrected chi connectivity index (χ4v) is 4.93. The van der Waals surface area contributed by atoms with Crippen LogP contribution in [0.5, 0.6) is 0 Å². The third-order valence-corrected chi connectivity index (χ3v) is 7.15. The van der Waals surface area contributed by atoms with E-state index in [0.717, 1.165) is 40.8 Å². The lowest BCUT2D eigenvalue weighted by Crippen LogP contribution is -2.31. The molecule has 2 aromatic heterocycles. The van der Waals surface area contributed by atoms with E-state index in [9.17, 15) is 19.5 Å². The van der Waals surface area contributed by atoms with E-state index < -0.39 is 5.97 Å². The molecule has 4 aromatic rings. The number of amides is 1. The molecule has 6 rings (SSSR count). The Bertz CT molecular complexity index is 1600. The van der Waals surface area contributed by atoms with Crippen molar-refractivity contribution in [2.75, 3.05) is 0 Å². The lowest BCUT2D eigenvalue weighted by atomic mass is 9.96. The molecule has 2 N–H and O–H groups in total. The van der Waals surface area contributed by atoms with Crippen LogP contribution in [0.1, 0.15) is 46.7 Å². The van der Waals surface area contributed by atoms with Crippen LogP contribution in [0.3, 0.4) is 0 Å². The summed E-state index contributed by atoms with van der Waals surface area (Å²) < 4.78 is 1.80. The van der Waals surface area contributed by atoms with Crippen LogP contribution in [0, 0.1) is 12.8 Å². The van der Waals surface area contributed by atoms with Crippen molar-refractivity contribution in [2.24, 2.45) is 5.92 Å². The van der Waals surface area contributed by atoms with Gasteiger partial charge >= 0.3 is 5.97 Å². The van der Waals surface area contributed by atoms with Gasteiger partial charge in [0.2, 0.25) is 5.43 Å². The number of nitrogens with zero attached hydrogens (tertiary/aromatic N) is 2. The van der Waals surface area contributed by atoms with Gasteiger partial charge in [0.15, 0.2) is 0 Å². The van der Waals surface area contributed by atoms with Gasteiger partial charge in [-0.3, -0.25) is 14.4 Å². The van der Waals surface area contributed by atoms with E-state index in [-0.39, 0.29) is 34.8 Å². The van der Waals surface area contributed by atoms with Crippen LogP contribution in [0.15, 0.2) is 71.8 Å². The normalized spacial score (nSPS) is 18.7. The van der Waals surface area contributed by atoms with Crippen LogP contribution in [0.4, 0.5) is 0 Å². The highest BCUT2D eigenvalue weighted by molar-refractivity contribution is 5.97. The molecule has 1 unspecified atom stereocenters. The maximum atomic E-state index is 13.1. The van der Waals surface area contributed by atoms with E-state index in [2.05, 4.69) is 16.4 Å². The molecule has 2 aromatic carbocycles. The molecule has 2 heterocycles. The zero-order valence-electron chi connectivity index (χ0n) is 19.8. The maximum absolute atomic E-state index is 13.1. The molecule has 0 saturated heterocycles. The van der Waals surface area contributed by atoms with Gasteiger partial charge in [0.05, 0.1) is 11.3 Å². The number of pyridine rings is 2. The Kier molecular flexibility index (Phi) is 5.21. The predicted molar refractivity (Wildman–Crippen MR) is 136 cm³/mol. The standard InChI is InChI=1S/C29H25N3O4/c1-16-12-18(7-10-21(16)23-14-24(23)29(35)36)17-4-2-5-20(13-17)32-15-25(28(34)31-19-8-9-19)26(33)22-6-3-11-30-27(22)32/h2-7,10-13,15,19,23-24H,8-9,14H2,1H3,(H,31,34)(H,35,36)/t23?,24-/m1/s1. The van der Waals surface area contributed by atoms with Crippen molar-refractivity contribution in [3.63, 3.8) is 0 Å². The van der Waals surface area contributed by atoms with E-state index in [0.29, 0.717) is 17.5 Å². The summed E-state index contributed by atoms with van der Waals surface area (Å²) in [4.78, 5) is 41.7. The van der Waals surface area contributed by atoms with Gasteiger partial charge in [0.1, 0.15) is 11.2 Å². The first-order chi connectivity index (χ1) is 17.4. The van der Waals surface area contributed by atoms with Gasteiger partial charge in [0, 0.05) is 24.1 Å². The van der Waals surface area contributed by atoms with E-state index in [1.165, 1.54) is 0 Å². The van der Waals surface area contributed by atoms with Gasteiger partial charge in [-0.15, -0.1) is 0 Å². The summed E-state index contributed by atoms with van der Waals surface area (Å²) in [6.07, 6.45) is 5.78. The smallest absolute Gasteiger partial charge is 0.307 e. The van der Waals surface area contributed by atoms with E-state index in [1.807, 2.05) is 43.3 Å². The quantitative estimate of drug-likeness (QED) is 0.426. The van der Waals surface area contributed by atoms with Crippen molar-refractivity contribution in [1.29, 1.82) is 0 Å². The van der Waals surface area contributed by atoms with Gasteiger partial charge in [-0.05, 0) is 78.6 Å². The number of aliphatic carboxylic acids is 1. The molecule has 2 atom stereocenters. The molecule has 1 amide bonds. The van der Waals surface area contributed by atoms with Gasteiger partial charge in [-0.25, -0.2) is 4.98 Å². The van der Waals surface area contributed by atoms with Crippen LogP contribution in [0.2, 0.25) is 0 Å². The number of carbonyl (C=O) groups is 2. The number of rotatable bonds is 6.